The van der Waals surface area contributed by atoms with Gasteiger partial charge in [0.15, 0.2) is 0 Å². The van der Waals surface area contributed by atoms with Gasteiger partial charge in [0, 0.05) is 0 Å². The fourth-order valence-electron chi connectivity index (χ4n) is 3.98. The number of rotatable bonds is 2. The number of fused-ring (bicyclic) bond motifs is 1. The molecule has 0 bridgehead atoms. The summed E-state index contributed by atoms with van der Waals surface area (Å²) in [6.07, 6.45) is 12.6. The van der Waals surface area contributed by atoms with Crippen LogP contribution < -0.4 is 0 Å². The van der Waals surface area contributed by atoms with Crippen LogP contribution >= 0.6 is 0 Å². The van der Waals surface area contributed by atoms with Crippen LogP contribution in [0.4, 0.5) is 0 Å². The van der Waals surface area contributed by atoms with Crippen LogP contribution in [0.25, 0.3) is 0 Å². The van der Waals surface area contributed by atoms with E-state index in [1.165, 1.54) is 44.9 Å². The minimum atomic E-state index is 0.853. The zero-order chi connectivity index (χ0) is 11.5. The summed E-state index contributed by atoms with van der Waals surface area (Å²) in [5.74, 6) is 3.86. The van der Waals surface area contributed by atoms with Gasteiger partial charge < -0.3 is 0 Å². The van der Waals surface area contributed by atoms with E-state index >= 15 is 0 Å². The average molecular weight is 220 g/mol. The van der Waals surface area contributed by atoms with E-state index in [4.69, 9.17) is 0 Å². The van der Waals surface area contributed by atoms with Gasteiger partial charge >= 0.3 is 0 Å². The van der Waals surface area contributed by atoms with Gasteiger partial charge in [0.25, 0.3) is 0 Å². The third-order valence-electron chi connectivity index (χ3n) is 5.21. The molecule has 0 aromatic carbocycles. The predicted molar refractivity (Wildman–Crippen MR) is 71.4 cm³/mol. The van der Waals surface area contributed by atoms with Crippen LogP contribution in [0.3, 0.4) is 0 Å². The summed E-state index contributed by atoms with van der Waals surface area (Å²) in [5.41, 5.74) is 1.79. The highest BCUT2D eigenvalue weighted by atomic mass is 14.4. The summed E-state index contributed by atoms with van der Waals surface area (Å²) < 4.78 is 0. The van der Waals surface area contributed by atoms with Gasteiger partial charge in [-0.25, -0.2) is 0 Å². The lowest BCUT2D eigenvalue weighted by Crippen LogP contribution is -2.35. The molecular weight excluding hydrogens is 192 g/mol. The maximum absolute atomic E-state index is 2.56. The lowest BCUT2D eigenvalue weighted by atomic mass is 9.61. The Bertz CT molecular complexity index is 249. The molecule has 2 rings (SSSR count). The fraction of sp³-hybridized carbons (Fsp3) is 0.875. The zero-order valence-corrected chi connectivity index (χ0v) is 11.3. The van der Waals surface area contributed by atoms with Crippen molar-refractivity contribution in [3.8, 4) is 0 Å². The van der Waals surface area contributed by atoms with Gasteiger partial charge in [-0.3, -0.25) is 0 Å². The Morgan fingerprint density at radius 2 is 1.94 bits per heavy atom. The topological polar surface area (TPSA) is 0 Å². The van der Waals surface area contributed by atoms with E-state index in [1.54, 1.807) is 5.57 Å². The summed E-state index contributed by atoms with van der Waals surface area (Å²) in [4.78, 5) is 0. The molecule has 2 fully saturated rings. The van der Waals surface area contributed by atoms with Crippen LogP contribution in [0.2, 0.25) is 0 Å². The molecule has 2 saturated carbocycles. The minimum Gasteiger partial charge on any atom is -0.0851 e. The van der Waals surface area contributed by atoms with Crippen LogP contribution in [-0.2, 0) is 0 Å². The molecule has 0 aliphatic heterocycles. The van der Waals surface area contributed by atoms with E-state index in [0.717, 1.165) is 23.7 Å². The highest BCUT2D eigenvalue weighted by Gasteiger charge is 2.37. The molecule has 0 spiro atoms. The van der Waals surface area contributed by atoms with Crippen molar-refractivity contribution in [2.24, 2.45) is 23.7 Å². The Labute approximate surface area is 102 Å². The van der Waals surface area contributed by atoms with Gasteiger partial charge in [0.1, 0.15) is 0 Å². The second kappa shape index (κ2) is 5.38. The third kappa shape index (κ3) is 2.36. The Morgan fingerprint density at radius 3 is 2.69 bits per heavy atom. The van der Waals surface area contributed by atoms with E-state index in [0.29, 0.717) is 0 Å². The highest BCUT2D eigenvalue weighted by molar-refractivity contribution is 5.13. The maximum atomic E-state index is 2.56. The van der Waals surface area contributed by atoms with E-state index < -0.39 is 0 Å². The molecule has 0 aromatic heterocycles. The Balaban J connectivity index is 2.08. The molecule has 0 saturated heterocycles. The van der Waals surface area contributed by atoms with Crippen molar-refractivity contribution in [1.29, 1.82) is 0 Å². The third-order valence-corrected chi connectivity index (χ3v) is 5.21. The normalized spacial score (nSPS) is 42.1. The smallest absolute Gasteiger partial charge is 0.0203 e. The molecule has 0 aromatic rings. The first-order valence-electron chi connectivity index (χ1n) is 7.43. The van der Waals surface area contributed by atoms with Crippen LogP contribution in [0.15, 0.2) is 11.6 Å². The molecule has 0 nitrogen and oxygen atoms in total. The first kappa shape index (κ1) is 12.2. The van der Waals surface area contributed by atoms with E-state index in [-0.39, 0.29) is 0 Å². The monoisotopic (exact) mass is 220 g/mol. The highest BCUT2D eigenvalue weighted by Crippen LogP contribution is 2.48. The van der Waals surface area contributed by atoms with E-state index in [1.807, 2.05) is 0 Å². The predicted octanol–water partition coefficient (Wildman–Crippen LogP) is 5.20. The second-order valence-corrected chi connectivity index (χ2v) is 6.13. The van der Waals surface area contributed by atoms with Gasteiger partial charge in [-0.05, 0) is 49.4 Å². The summed E-state index contributed by atoms with van der Waals surface area (Å²) in [6.45, 7) is 7.26. The van der Waals surface area contributed by atoms with Crippen LogP contribution in [0, 0.1) is 23.7 Å². The molecule has 0 radical (unpaired) electrons. The summed E-state index contributed by atoms with van der Waals surface area (Å²) in [5, 5.41) is 0. The molecule has 0 amide bonds. The molecule has 16 heavy (non-hydrogen) atoms. The molecule has 2 aliphatic rings. The SMILES string of the molecule is CCC/C=C1/CC2CCCCC2C(C)C1C. The lowest BCUT2D eigenvalue weighted by Gasteiger charge is -2.45. The largest absolute Gasteiger partial charge is 0.0851 e. The summed E-state index contributed by atoms with van der Waals surface area (Å²) >= 11 is 0. The second-order valence-electron chi connectivity index (χ2n) is 6.13. The first-order valence-corrected chi connectivity index (χ1v) is 7.43. The molecule has 0 heteroatoms. The van der Waals surface area contributed by atoms with Gasteiger partial charge in [-0.15, -0.1) is 0 Å². The minimum absolute atomic E-state index is 0.853. The van der Waals surface area contributed by atoms with Gasteiger partial charge in [0.05, 0.1) is 0 Å². The van der Waals surface area contributed by atoms with Crippen molar-refractivity contribution in [3.63, 3.8) is 0 Å². The molecule has 0 heterocycles. The molecule has 0 N–H and O–H groups in total. The van der Waals surface area contributed by atoms with Crippen molar-refractivity contribution >= 4 is 0 Å². The van der Waals surface area contributed by atoms with Crippen molar-refractivity contribution in [2.75, 3.05) is 0 Å². The average Bonchev–Trinajstić information content (AvgIpc) is 2.32. The first-order chi connectivity index (χ1) is 7.74. The summed E-state index contributed by atoms with van der Waals surface area (Å²) in [6, 6.07) is 0. The molecule has 4 atom stereocenters. The Kier molecular flexibility index (Phi) is 4.10. The molecule has 92 valence electrons. The van der Waals surface area contributed by atoms with Gasteiger partial charge in [0.2, 0.25) is 0 Å². The Morgan fingerprint density at radius 1 is 1.19 bits per heavy atom. The lowest BCUT2D eigenvalue weighted by molar-refractivity contribution is 0.109. The van der Waals surface area contributed by atoms with Crippen molar-refractivity contribution < 1.29 is 0 Å². The number of allylic oxidation sites excluding steroid dienone is 2. The number of hydrogen-bond acceptors (Lipinski definition) is 0. The molecule has 2 aliphatic carbocycles. The molecular formula is C16H28. The van der Waals surface area contributed by atoms with Crippen molar-refractivity contribution in [1.82, 2.24) is 0 Å². The quantitative estimate of drug-likeness (QED) is 0.561. The maximum Gasteiger partial charge on any atom is -0.0203 e. The number of hydrogen-bond donors (Lipinski definition) is 0. The van der Waals surface area contributed by atoms with Crippen LogP contribution in [-0.4, -0.2) is 0 Å². The zero-order valence-electron chi connectivity index (χ0n) is 11.3. The standard InChI is InChI=1S/C16H28/c1-4-5-8-14-11-15-9-6-7-10-16(15)13(3)12(14)2/h8,12-13,15-16H,4-7,9-11H2,1-3H3/b14-8-. The van der Waals surface area contributed by atoms with Crippen LogP contribution in [0.1, 0.15) is 65.7 Å². The van der Waals surface area contributed by atoms with Gasteiger partial charge in [-0.2, -0.15) is 0 Å². The summed E-state index contributed by atoms with van der Waals surface area (Å²) in [7, 11) is 0. The number of unbranched alkanes of at least 4 members (excludes halogenated alkanes) is 1. The van der Waals surface area contributed by atoms with Crippen LogP contribution in [0.5, 0.6) is 0 Å². The van der Waals surface area contributed by atoms with Crippen molar-refractivity contribution in [2.45, 2.75) is 65.7 Å². The fourth-order valence-corrected chi connectivity index (χ4v) is 3.98. The van der Waals surface area contributed by atoms with Crippen molar-refractivity contribution in [3.05, 3.63) is 11.6 Å². The van der Waals surface area contributed by atoms with E-state index in [9.17, 15) is 0 Å². The molecule has 4 unspecified atom stereocenters. The Hall–Kier alpha value is -0.260. The van der Waals surface area contributed by atoms with Gasteiger partial charge in [-0.1, -0.05) is 51.7 Å². The van der Waals surface area contributed by atoms with E-state index in [2.05, 4.69) is 26.8 Å².